The van der Waals surface area contributed by atoms with Crippen LogP contribution in [0, 0.1) is 5.82 Å². The number of hydrogen-bond donors (Lipinski definition) is 1. The van der Waals surface area contributed by atoms with Gasteiger partial charge in [-0.1, -0.05) is 25.1 Å². The molecule has 0 atom stereocenters. The number of carbonyl (C=O) groups excluding carboxylic acids is 1. The van der Waals surface area contributed by atoms with Crippen LogP contribution in [0.15, 0.2) is 42.5 Å². The lowest BCUT2D eigenvalue weighted by Gasteiger charge is -2.23. The van der Waals surface area contributed by atoms with Crippen molar-refractivity contribution in [3.8, 4) is 11.5 Å². The highest BCUT2D eigenvalue weighted by atomic mass is 19.1. The number of halogens is 1. The number of urea groups is 1. The van der Waals surface area contributed by atoms with E-state index in [4.69, 9.17) is 9.47 Å². The molecule has 0 unspecified atom stereocenters. The van der Waals surface area contributed by atoms with Crippen molar-refractivity contribution < 1.29 is 18.7 Å². The van der Waals surface area contributed by atoms with Gasteiger partial charge < -0.3 is 19.7 Å². The van der Waals surface area contributed by atoms with Gasteiger partial charge in [-0.15, -0.1) is 0 Å². The minimum Gasteiger partial charge on any atom is -0.493 e. The molecule has 0 bridgehead atoms. The Balaban J connectivity index is 1.60. The summed E-state index contributed by atoms with van der Waals surface area (Å²) in [5.41, 5.74) is 1.86. The van der Waals surface area contributed by atoms with Crippen LogP contribution in [0.25, 0.3) is 0 Å². The maximum Gasteiger partial charge on any atom is 0.318 e. The number of ether oxygens (including phenoxy) is 2. The molecular weight excluding hydrogens is 359 g/mol. The Morgan fingerprint density at radius 2 is 1.86 bits per heavy atom. The second-order valence-corrected chi connectivity index (χ2v) is 6.98. The van der Waals surface area contributed by atoms with Gasteiger partial charge in [0.1, 0.15) is 5.82 Å². The van der Waals surface area contributed by atoms with Gasteiger partial charge in [-0.2, -0.15) is 0 Å². The molecule has 0 aromatic heterocycles. The molecule has 0 heterocycles. The van der Waals surface area contributed by atoms with E-state index >= 15 is 0 Å². The predicted octanol–water partition coefficient (Wildman–Crippen LogP) is 4.50. The quantitative estimate of drug-likeness (QED) is 0.690. The molecule has 2 aromatic rings. The molecule has 6 heteroatoms. The number of nitrogens with zero attached hydrogens (tertiary/aromatic N) is 1. The molecule has 150 valence electrons. The average Bonchev–Trinajstić information content (AvgIpc) is 3.55. The fraction of sp³-hybridized carbons (Fsp3) is 0.409. The van der Waals surface area contributed by atoms with Crippen LogP contribution < -0.4 is 14.8 Å². The van der Waals surface area contributed by atoms with Gasteiger partial charge >= 0.3 is 6.03 Å². The SMILES string of the molecule is CCCOc1ccc(CNC(=O)N(Cc2ccc(F)cc2)C2CC2)cc1OC. The summed E-state index contributed by atoms with van der Waals surface area (Å²) in [6, 6.07) is 12.1. The second-order valence-electron chi connectivity index (χ2n) is 6.98. The van der Waals surface area contributed by atoms with E-state index in [9.17, 15) is 9.18 Å². The summed E-state index contributed by atoms with van der Waals surface area (Å²) in [4.78, 5) is 14.5. The van der Waals surface area contributed by atoms with Crippen molar-refractivity contribution in [2.24, 2.45) is 0 Å². The Bertz CT molecular complexity index is 791. The monoisotopic (exact) mass is 386 g/mol. The van der Waals surface area contributed by atoms with Crippen molar-refractivity contribution in [1.29, 1.82) is 0 Å². The standard InChI is InChI=1S/C22H27FN2O3/c1-3-12-28-20-11-6-17(13-21(20)27-2)14-24-22(26)25(19-9-10-19)15-16-4-7-18(23)8-5-16/h4-8,11,13,19H,3,9-10,12,14-15H2,1-2H3,(H,24,26). The first-order valence-electron chi connectivity index (χ1n) is 9.69. The van der Waals surface area contributed by atoms with Gasteiger partial charge in [0.25, 0.3) is 0 Å². The third-order valence-electron chi connectivity index (χ3n) is 4.65. The van der Waals surface area contributed by atoms with Crippen LogP contribution >= 0.6 is 0 Å². The molecule has 2 amide bonds. The maximum absolute atomic E-state index is 13.1. The van der Waals surface area contributed by atoms with E-state index < -0.39 is 0 Å². The van der Waals surface area contributed by atoms with Crippen LogP contribution in [0.1, 0.15) is 37.3 Å². The third kappa shape index (κ3) is 5.38. The molecule has 1 N–H and O–H groups in total. The largest absolute Gasteiger partial charge is 0.493 e. The highest BCUT2D eigenvalue weighted by molar-refractivity contribution is 5.75. The summed E-state index contributed by atoms with van der Waals surface area (Å²) in [6.45, 7) is 3.56. The molecule has 2 aromatic carbocycles. The highest BCUT2D eigenvalue weighted by Crippen LogP contribution is 2.30. The Morgan fingerprint density at radius 1 is 1.14 bits per heavy atom. The second kappa shape index (κ2) is 9.44. The lowest BCUT2D eigenvalue weighted by atomic mass is 10.2. The summed E-state index contributed by atoms with van der Waals surface area (Å²) in [7, 11) is 1.61. The van der Waals surface area contributed by atoms with Crippen molar-refractivity contribution in [2.75, 3.05) is 13.7 Å². The molecule has 0 aliphatic heterocycles. The number of hydrogen-bond acceptors (Lipinski definition) is 3. The summed E-state index contributed by atoms with van der Waals surface area (Å²) in [5.74, 6) is 1.09. The van der Waals surface area contributed by atoms with Crippen LogP contribution in [0.4, 0.5) is 9.18 Å². The summed E-state index contributed by atoms with van der Waals surface area (Å²) >= 11 is 0. The third-order valence-corrected chi connectivity index (χ3v) is 4.65. The summed E-state index contributed by atoms with van der Waals surface area (Å²) < 4.78 is 24.2. The Morgan fingerprint density at radius 3 is 2.50 bits per heavy atom. The zero-order chi connectivity index (χ0) is 19.9. The fourth-order valence-electron chi connectivity index (χ4n) is 2.97. The first-order chi connectivity index (χ1) is 13.6. The van der Waals surface area contributed by atoms with Gasteiger partial charge in [-0.25, -0.2) is 9.18 Å². The van der Waals surface area contributed by atoms with Crippen LogP contribution in [-0.4, -0.2) is 30.7 Å². The summed E-state index contributed by atoms with van der Waals surface area (Å²) in [5, 5.41) is 2.98. The number of benzene rings is 2. The molecule has 1 aliphatic carbocycles. The van der Waals surface area contributed by atoms with Crippen molar-refractivity contribution >= 4 is 6.03 Å². The van der Waals surface area contributed by atoms with E-state index in [-0.39, 0.29) is 17.9 Å². The molecule has 0 radical (unpaired) electrons. The van der Waals surface area contributed by atoms with Gasteiger partial charge in [-0.05, 0) is 54.7 Å². The lowest BCUT2D eigenvalue weighted by Crippen LogP contribution is -2.40. The van der Waals surface area contributed by atoms with E-state index in [1.54, 1.807) is 19.2 Å². The van der Waals surface area contributed by atoms with Gasteiger partial charge in [0.2, 0.25) is 0 Å². The van der Waals surface area contributed by atoms with Crippen molar-refractivity contribution in [3.05, 3.63) is 59.4 Å². The van der Waals surface area contributed by atoms with Crippen LogP contribution in [-0.2, 0) is 13.1 Å². The van der Waals surface area contributed by atoms with Crippen molar-refractivity contribution in [3.63, 3.8) is 0 Å². The van der Waals surface area contributed by atoms with E-state index in [0.717, 1.165) is 30.4 Å². The van der Waals surface area contributed by atoms with E-state index in [1.807, 2.05) is 30.0 Å². The Kier molecular flexibility index (Phi) is 6.74. The first kappa shape index (κ1) is 20.0. The molecule has 1 fully saturated rings. The number of rotatable bonds is 9. The number of amides is 2. The smallest absolute Gasteiger partial charge is 0.318 e. The number of nitrogens with one attached hydrogen (secondary N) is 1. The lowest BCUT2D eigenvalue weighted by molar-refractivity contribution is 0.191. The van der Waals surface area contributed by atoms with Gasteiger partial charge in [0.05, 0.1) is 13.7 Å². The zero-order valence-corrected chi connectivity index (χ0v) is 16.4. The molecule has 1 aliphatic rings. The van der Waals surface area contributed by atoms with Gasteiger partial charge in [-0.3, -0.25) is 0 Å². The number of methoxy groups -OCH3 is 1. The molecule has 1 saturated carbocycles. The van der Waals surface area contributed by atoms with Crippen LogP contribution in [0.3, 0.4) is 0 Å². The first-order valence-corrected chi connectivity index (χ1v) is 9.69. The van der Waals surface area contributed by atoms with E-state index in [2.05, 4.69) is 5.32 Å². The molecule has 28 heavy (non-hydrogen) atoms. The van der Waals surface area contributed by atoms with E-state index in [1.165, 1.54) is 12.1 Å². The number of carbonyl (C=O) groups is 1. The average molecular weight is 386 g/mol. The summed E-state index contributed by atoms with van der Waals surface area (Å²) in [6.07, 6.45) is 2.93. The molecule has 3 rings (SSSR count). The Labute approximate surface area is 165 Å². The van der Waals surface area contributed by atoms with Crippen LogP contribution in [0.5, 0.6) is 11.5 Å². The Hall–Kier alpha value is -2.76. The molecule has 0 spiro atoms. The molecular formula is C22H27FN2O3. The normalized spacial score (nSPS) is 13.1. The van der Waals surface area contributed by atoms with Crippen LogP contribution in [0.2, 0.25) is 0 Å². The fourth-order valence-corrected chi connectivity index (χ4v) is 2.97. The minimum absolute atomic E-state index is 0.114. The van der Waals surface area contributed by atoms with Crippen molar-refractivity contribution in [2.45, 2.75) is 45.3 Å². The van der Waals surface area contributed by atoms with Gasteiger partial charge in [0, 0.05) is 19.1 Å². The van der Waals surface area contributed by atoms with Gasteiger partial charge in [0.15, 0.2) is 11.5 Å². The molecule has 5 nitrogen and oxygen atoms in total. The predicted molar refractivity (Wildman–Crippen MR) is 106 cm³/mol. The topological polar surface area (TPSA) is 50.8 Å². The zero-order valence-electron chi connectivity index (χ0n) is 16.4. The van der Waals surface area contributed by atoms with Crippen molar-refractivity contribution in [1.82, 2.24) is 10.2 Å². The van der Waals surface area contributed by atoms with E-state index in [0.29, 0.717) is 31.2 Å². The molecule has 0 saturated heterocycles. The maximum atomic E-state index is 13.1. The minimum atomic E-state index is -0.272. The highest BCUT2D eigenvalue weighted by Gasteiger charge is 2.32.